The summed E-state index contributed by atoms with van der Waals surface area (Å²) in [5, 5.41) is 8.61. The van der Waals surface area contributed by atoms with E-state index in [0.29, 0.717) is 11.4 Å². The Morgan fingerprint density at radius 1 is 1.30 bits per heavy atom. The zero-order valence-electron chi connectivity index (χ0n) is 12.2. The number of methoxy groups -OCH3 is 1. The minimum atomic E-state index is -0.656. The fraction of sp³-hybridized carbons (Fsp3) is 0.154. The van der Waals surface area contributed by atoms with E-state index in [1.165, 1.54) is 14.2 Å². The molecule has 9 nitrogen and oxygen atoms in total. The Balaban J connectivity index is 2.25. The van der Waals surface area contributed by atoms with Crippen LogP contribution in [-0.4, -0.2) is 46.1 Å². The van der Waals surface area contributed by atoms with Crippen LogP contribution >= 0.6 is 11.5 Å². The molecule has 0 aliphatic heterocycles. The number of amides is 2. The molecule has 0 radical (unpaired) electrons. The summed E-state index contributed by atoms with van der Waals surface area (Å²) >= 11 is 0.777. The van der Waals surface area contributed by atoms with Crippen molar-refractivity contribution in [2.45, 2.75) is 0 Å². The molecule has 0 spiro atoms. The molecule has 10 heteroatoms. The topological polar surface area (TPSA) is 130 Å². The Morgan fingerprint density at radius 2 is 2.00 bits per heavy atom. The van der Waals surface area contributed by atoms with Crippen molar-refractivity contribution in [1.82, 2.24) is 14.9 Å². The van der Waals surface area contributed by atoms with Gasteiger partial charge in [0.25, 0.3) is 5.91 Å². The fourth-order valence-electron chi connectivity index (χ4n) is 1.67. The Bertz CT molecular complexity index is 779. The summed E-state index contributed by atoms with van der Waals surface area (Å²) in [7, 11) is 2.91. The van der Waals surface area contributed by atoms with Crippen LogP contribution in [0.15, 0.2) is 24.3 Å². The van der Waals surface area contributed by atoms with Gasteiger partial charge < -0.3 is 20.9 Å². The molecule has 1 aromatic heterocycles. The van der Waals surface area contributed by atoms with E-state index in [1.54, 1.807) is 24.3 Å². The maximum absolute atomic E-state index is 12.3. The summed E-state index contributed by atoms with van der Waals surface area (Å²) in [4.78, 5) is 26.9. The number of nitrogens with one attached hydrogen (secondary N) is 2. The van der Waals surface area contributed by atoms with Crippen LogP contribution < -0.4 is 15.4 Å². The molecule has 2 amide bonds. The third kappa shape index (κ3) is 3.57. The minimum Gasteiger partial charge on any atom is -0.497 e. The quantitative estimate of drug-likeness (QED) is 0.469. The largest absolute Gasteiger partial charge is 0.497 e. The maximum Gasteiger partial charge on any atom is 0.400 e. The highest BCUT2D eigenvalue weighted by atomic mass is 32.1. The molecule has 2 N–H and O–H groups in total. The van der Waals surface area contributed by atoms with E-state index in [0.717, 1.165) is 11.5 Å². The average Bonchev–Trinajstić information content (AvgIpc) is 3.05. The van der Waals surface area contributed by atoms with Gasteiger partial charge in [-0.1, -0.05) is 4.49 Å². The van der Waals surface area contributed by atoms with Gasteiger partial charge in [-0.3, -0.25) is 9.59 Å². The number of rotatable bonds is 5. The first-order chi connectivity index (χ1) is 11.1. The molecule has 0 aliphatic rings. The smallest absolute Gasteiger partial charge is 0.400 e. The van der Waals surface area contributed by atoms with Crippen molar-refractivity contribution in [3.05, 3.63) is 40.4 Å². The zero-order valence-corrected chi connectivity index (χ0v) is 13.0. The van der Waals surface area contributed by atoms with Crippen LogP contribution in [0.2, 0.25) is 0 Å². The van der Waals surface area contributed by atoms with E-state index in [4.69, 9.17) is 10.3 Å². The second-order valence-corrected chi connectivity index (χ2v) is 4.92. The van der Waals surface area contributed by atoms with Crippen molar-refractivity contribution >= 4 is 34.7 Å². The van der Waals surface area contributed by atoms with Crippen LogP contribution in [0.25, 0.3) is 5.53 Å². The first-order valence-electron chi connectivity index (χ1n) is 6.33. The predicted octanol–water partition coefficient (Wildman–Crippen LogP) is 0.564. The molecule has 2 aromatic rings. The molecule has 0 saturated carbocycles. The van der Waals surface area contributed by atoms with E-state index in [9.17, 15) is 9.59 Å². The van der Waals surface area contributed by atoms with Gasteiger partial charge in [-0.05, 0) is 35.8 Å². The highest BCUT2D eigenvalue weighted by molar-refractivity contribution is 7.09. The van der Waals surface area contributed by atoms with Gasteiger partial charge in [0, 0.05) is 12.7 Å². The summed E-state index contributed by atoms with van der Waals surface area (Å²) < 4.78 is 8.67. The third-order valence-corrected chi connectivity index (χ3v) is 3.54. The lowest BCUT2D eigenvalue weighted by Crippen LogP contribution is -2.30. The van der Waals surface area contributed by atoms with Crippen molar-refractivity contribution < 1.29 is 19.1 Å². The molecule has 0 unspecified atom stereocenters. The minimum absolute atomic E-state index is 0.0675. The van der Waals surface area contributed by atoms with E-state index in [1.807, 2.05) is 0 Å². The number of carbonyl (C=O) groups excluding carboxylic acids is 2. The molecule has 0 atom stereocenters. The molecule has 2 rings (SSSR count). The summed E-state index contributed by atoms with van der Waals surface area (Å²) in [5.41, 5.74) is 9.06. The van der Waals surface area contributed by atoms with Crippen molar-refractivity contribution in [1.29, 1.82) is 0 Å². The molecule has 1 aromatic carbocycles. The molecule has 1 heterocycles. The number of carbonyl (C=O) groups is 2. The third-order valence-electron chi connectivity index (χ3n) is 2.81. The Hall–Kier alpha value is -3.10. The lowest BCUT2D eigenvalue weighted by molar-refractivity contribution is -0.118. The molecule has 0 saturated heterocycles. The number of likely N-dealkylation sites (N-methyl/N-ethyl adjacent to an activating group) is 1. The highest BCUT2D eigenvalue weighted by Crippen LogP contribution is 2.17. The Labute approximate surface area is 135 Å². The second kappa shape index (κ2) is 7.25. The lowest BCUT2D eigenvalue weighted by atomic mass is 10.2. The Morgan fingerprint density at radius 3 is 2.57 bits per heavy atom. The molecular formula is C13H12N6O3S. The second-order valence-electron chi connectivity index (χ2n) is 4.16. The first-order valence-corrected chi connectivity index (χ1v) is 7.10. The summed E-state index contributed by atoms with van der Waals surface area (Å²) in [6.07, 6.45) is 0. The molecule has 118 valence electrons. The number of nitrogens with zero attached hydrogens (tertiary/aromatic N) is 4. The normalized spacial score (nSPS) is 9.65. The number of benzene rings is 1. The van der Waals surface area contributed by atoms with E-state index >= 15 is 0 Å². The SMILES string of the molecule is CNC(=O)C(=[N+]=[N-])c1snnc1C(=O)Nc1ccc(OC)cc1. The predicted molar refractivity (Wildman–Crippen MR) is 82.7 cm³/mol. The molecule has 0 aliphatic carbocycles. The van der Waals surface area contributed by atoms with Gasteiger partial charge in [0.05, 0.1) is 7.11 Å². The van der Waals surface area contributed by atoms with Gasteiger partial charge in [-0.2, -0.15) is 4.79 Å². The van der Waals surface area contributed by atoms with Gasteiger partial charge in [-0.25, -0.2) is 0 Å². The van der Waals surface area contributed by atoms with Crippen LogP contribution in [-0.2, 0) is 4.79 Å². The van der Waals surface area contributed by atoms with E-state index < -0.39 is 11.8 Å². The summed E-state index contributed by atoms with van der Waals surface area (Å²) in [6.45, 7) is 0. The highest BCUT2D eigenvalue weighted by Gasteiger charge is 2.31. The average molecular weight is 332 g/mol. The van der Waals surface area contributed by atoms with E-state index in [-0.39, 0.29) is 16.3 Å². The lowest BCUT2D eigenvalue weighted by Gasteiger charge is -2.04. The van der Waals surface area contributed by atoms with Crippen LogP contribution in [0, 0.1) is 0 Å². The molecular weight excluding hydrogens is 320 g/mol. The van der Waals surface area contributed by atoms with Crippen LogP contribution in [0.4, 0.5) is 5.69 Å². The van der Waals surface area contributed by atoms with Crippen LogP contribution in [0.5, 0.6) is 5.75 Å². The van der Waals surface area contributed by atoms with Crippen molar-refractivity contribution in [2.24, 2.45) is 0 Å². The standard InChI is InChI=1S/C13H12N6O3S/c1-15-12(20)9(17-14)11-10(18-19-23-11)13(21)16-7-3-5-8(22-2)6-4-7/h3-6H,1-2H3,(H,15,20)(H,16,21). The van der Waals surface area contributed by atoms with Gasteiger partial charge in [-0.15, -0.1) is 5.10 Å². The maximum atomic E-state index is 12.3. The number of aromatic nitrogens is 2. The molecule has 23 heavy (non-hydrogen) atoms. The van der Waals surface area contributed by atoms with Crippen molar-refractivity contribution in [3.63, 3.8) is 0 Å². The van der Waals surface area contributed by atoms with Gasteiger partial charge >= 0.3 is 11.6 Å². The van der Waals surface area contributed by atoms with Crippen molar-refractivity contribution in [2.75, 3.05) is 19.5 Å². The van der Waals surface area contributed by atoms with Gasteiger partial charge in [0.1, 0.15) is 5.75 Å². The number of anilines is 1. The molecule has 0 fully saturated rings. The van der Waals surface area contributed by atoms with Crippen LogP contribution in [0.3, 0.4) is 0 Å². The first kappa shape index (κ1) is 16.3. The fourth-order valence-corrected chi connectivity index (χ4v) is 2.32. The van der Waals surface area contributed by atoms with Crippen molar-refractivity contribution in [3.8, 4) is 5.75 Å². The monoisotopic (exact) mass is 332 g/mol. The number of hydrogen-bond acceptors (Lipinski definition) is 6. The number of hydrogen-bond donors (Lipinski definition) is 2. The summed E-state index contributed by atoms with van der Waals surface area (Å²) in [6, 6.07) is 6.66. The van der Waals surface area contributed by atoms with Gasteiger partial charge in [0.15, 0.2) is 10.6 Å². The van der Waals surface area contributed by atoms with Crippen LogP contribution in [0.1, 0.15) is 15.4 Å². The number of ether oxygens (including phenoxy) is 1. The molecule has 0 bridgehead atoms. The Kier molecular flexibility index (Phi) is 5.13. The van der Waals surface area contributed by atoms with Gasteiger partial charge in [0.2, 0.25) is 0 Å². The van der Waals surface area contributed by atoms with E-state index in [2.05, 4.69) is 25.0 Å². The summed E-state index contributed by atoms with van der Waals surface area (Å²) in [5.74, 6) is -0.589. The zero-order chi connectivity index (χ0) is 16.8.